The second kappa shape index (κ2) is 8.91. The summed E-state index contributed by atoms with van der Waals surface area (Å²) in [5, 5.41) is 0. The standard InChI is InChI=1S/C24H31N5O2/c30-23-19-16-28(18-6-2-1-3-7-18)15-11-20(19)26-22(27-23)21-8-4-5-14-29(21)24(31)17-9-12-25-13-10-17/h9-10,12-13,18,21H,1-8,11,14-16H2,(H,26,27,30)/t21-/m1/s1. The van der Waals surface area contributed by atoms with Gasteiger partial charge in [0.2, 0.25) is 0 Å². The molecule has 164 valence electrons. The molecule has 1 amide bonds. The van der Waals surface area contributed by atoms with Crippen molar-refractivity contribution >= 4 is 5.91 Å². The average Bonchev–Trinajstić information content (AvgIpc) is 2.84. The number of fused-ring (bicyclic) bond motifs is 1. The predicted octanol–water partition coefficient (Wildman–Crippen LogP) is 3.22. The molecule has 5 rings (SSSR count). The monoisotopic (exact) mass is 421 g/mol. The molecule has 2 aromatic rings. The summed E-state index contributed by atoms with van der Waals surface area (Å²) in [7, 11) is 0. The summed E-state index contributed by atoms with van der Waals surface area (Å²) in [6.45, 7) is 2.35. The highest BCUT2D eigenvalue weighted by molar-refractivity contribution is 5.94. The number of rotatable bonds is 3. The lowest BCUT2D eigenvalue weighted by atomic mass is 9.92. The molecule has 0 bridgehead atoms. The van der Waals surface area contributed by atoms with E-state index in [1.54, 1.807) is 24.5 Å². The number of amides is 1. The smallest absolute Gasteiger partial charge is 0.255 e. The van der Waals surface area contributed by atoms with Crippen LogP contribution in [-0.4, -0.2) is 49.8 Å². The van der Waals surface area contributed by atoms with Gasteiger partial charge in [-0.3, -0.25) is 19.5 Å². The minimum Gasteiger partial charge on any atom is -0.328 e. The first-order chi connectivity index (χ1) is 15.2. The van der Waals surface area contributed by atoms with Gasteiger partial charge in [0, 0.05) is 50.1 Å². The Morgan fingerprint density at radius 3 is 2.58 bits per heavy atom. The Kier molecular flexibility index (Phi) is 5.85. The molecule has 31 heavy (non-hydrogen) atoms. The molecule has 7 nitrogen and oxygen atoms in total. The molecule has 0 radical (unpaired) electrons. The molecule has 1 saturated carbocycles. The van der Waals surface area contributed by atoms with Gasteiger partial charge in [0.15, 0.2) is 0 Å². The zero-order valence-corrected chi connectivity index (χ0v) is 18.1. The molecule has 7 heteroatoms. The molecule has 0 spiro atoms. The zero-order chi connectivity index (χ0) is 21.2. The highest BCUT2D eigenvalue weighted by atomic mass is 16.2. The Bertz CT molecular complexity index is 983. The van der Waals surface area contributed by atoms with Crippen molar-refractivity contribution < 1.29 is 4.79 Å². The molecule has 2 fully saturated rings. The van der Waals surface area contributed by atoms with E-state index < -0.39 is 0 Å². The van der Waals surface area contributed by atoms with Crippen molar-refractivity contribution in [1.82, 2.24) is 24.8 Å². The number of pyridine rings is 1. The predicted molar refractivity (Wildman–Crippen MR) is 118 cm³/mol. The summed E-state index contributed by atoms with van der Waals surface area (Å²) in [5.41, 5.74) is 2.35. The fraction of sp³-hybridized carbons (Fsp3) is 0.583. The summed E-state index contributed by atoms with van der Waals surface area (Å²) in [4.78, 5) is 42.6. The molecule has 1 atom stereocenters. The van der Waals surface area contributed by atoms with Crippen LogP contribution in [0.4, 0.5) is 0 Å². The van der Waals surface area contributed by atoms with Gasteiger partial charge in [-0.05, 0) is 44.2 Å². The molecule has 0 aromatic carbocycles. The van der Waals surface area contributed by atoms with E-state index >= 15 is 0 Å². The van der Waals surface area contributed by atoms with Crippen molar-refractivity contribution in [2.45, 2.75) is 76.4 Å². The number of carbonyl (C=O) groups excluding carboxylic acids is 1. The number of aromatic nitrogens is 3. The molecule has 3 aliphatic rings. The topological polar surface area (TPSA) is 82.2 Å². The van der Waals surface area contributed by atoms with Crippen LogP contribution in [0, 0.1) is 0 Å². The lowest BCUT2D eigenvalue weighted by Crippen LogP contribution is -2.44. The minimum absolute atomic E-state index is 0.0176. The number of hydrogen-bond donors (Lipinski definition) is 1. The number of hydrogen-bond acceptors (Lipinski definition) is 5. The van der Waals surface area contributed by atoms with Crippen molar-refractivity contribution in [2.24, 2.45) is 0 Å². The van der Waals surface area contributed by atoms with Crippen LogP contribution >= 0.6 is 0 Å². The van der Waals surface area contributed by atoms with Gasteiger partial charge in [0.25, 0.3) is 11.5 Å². The molecule has 1 aliphatic carbocycles. The molecule has 2 aliphatic heterocycles. The number of likely N-dealkylation sites (tertiary alicyclic amines) is 1. The van der Waals surface area contributed by atoms with Crippen molar-refractivity contribution in [1.29, 1.82) is 0 Å². The summed E-state index contributed by atoms with van der Waals surface area (Å²) in [6.07, 6.45) is 13.3. The lowest BCUT2D eigenvalue weighted by Gasteiger charge is -2.38. The number of carbonyl (C=O) groups is 1. The first kappa shape index (κ1) is 20.4. The second-order valence-electron chi connectivity index (χ2n) is 9.13. The summed E-state index contributed by atoms with van der Waals surface area (Å²) in [5.74, 6) is 0.632. The Morgan fingerprint density at radius 1 is 1.00 bits per heavy atom. The Morgan fingerprint density at radius 2 is 1.77 bits per heavy atom. The molecule has 0 unspecified atom stereocenters. The third-order valence-corrected chi connectivity index (χ3v) is 7.21. The Hall–Kier alpha value is -2.54. The van der Waals surface area contributed by atoms with Crippen LogP contribution in [0.2, 0.25) is 0 Å². The van der Waals surface area contributed by atoms with Crippen LogP contribution in [0.15, 0.2) is 29.3 Å². The van der Waals surface area contributed by atoms with E-state index in [0.717, 1.165) is 43.5 Å². The van der Waals surface area contributed by atoms with Gasteiger partial charge in [-0.15, -0.1) is 0 Å². The van der Waals surface area contributed by atoms with Crippen molar-refractivity contribution in [3.8, 4) is 0 Å². The molecule has 1 saturated heterocycles. The highest BCUT2D eigenvalue weighted by Gasteiger charge is 2.33. The quantitative estimate of drug-likeness (QED) is 0.823. The molecular weight excluding hydrogens is 390 g/mol. The van der Waals surface area contributed by atoms with Crippen molar-refractivity contribution in [3.05, 3.63) is 57.5 Å². The first-order valence-electron chi connectivity index (χ1n) is 11.8. The van der Waals surface area contributed by atoms with Crippen LogP contribution in [0.1, 0.15) is 84.8 Å². The van der Waals surface area contributed by atoms with Crippen molar-refractivity contribution in [2.75, 3.05) is 13.1 Å². The number of nitrogens with zero attached hydrogens (tertiary/aromatic N) is 4. The van der Waals surface area contributed by atoms with Crippen LogP contribution < -0.4 is 5.56 Å². The van der Waals surface area contributed by atoms with Crippen LogP contribution in [-0.2, 0) is 13.0 Å². The summed E-state index contributed by atoms with van der Waals surface area (Å²) >= 11 is 0. The van der Waals surface area contributed by atoms with E-state index in [1.165, 1.54) is 32.1 Å². The van der Waals surface area contributed by atoms with Crippen LogP contribution in [0.25, 0.3) is 0 Å². The summed E-state index contributed by atoms with van der Waals surface area (Å²) < 4.78 is 0. The van der Waals surface area contributed by atoms with E-state index in [2.05, 4.69) is 14.9 Å². The Labute approximate surface area is 182 Å². The van der Waals surface area contributed by atoms with Crippen LogP contribution in [0.5, 0.6) is 0 Å². The van der Waals surface area contributed by atoms with Gasteiger partial charge in [-0.1, -0.05) is 19.3 Å². The van der Waals surface area contributed by atoms with Gasteiger partial charge in [-0.25, -0.2) is 4.98 Å². The number of nitrogens with one attached hydrogen (secondary N) is 1. The van der Waals surface area contributed by atoms with Gasteiger partial charge >= 0.3 is 0 Å². The van der Waals surface area contributed by atoms with Crippen LogP contribution in [0.3, 0.4) is 0 Å². The maximum atomic E-state index is 13.1. The second-order valence-corrected chi connectivity index (χ2v) is 9.13. The molecule has 4 heterocycles. The fourth-order valence-electron chi connectivity index (χ4n) is 5.50. The highest BCUT2D eigenvalue weighted by Crippen LogP contribution is 2.31. The first-order valence-corrected chi connectivity index (χ1v) is 11.8. The van der Waals surface area contributed by atoms with E-state index in [4.69, 9.17) is 4.98 Å². The lowest BCUT2D eigenvalue weighted by molar-refractivity contribution is 0.0598. The SMILES string of the molecule is O=C(c1ccncc1)N1CCCC[C@@H]1c1nc2c(c(=O)[nH]1)CN(C1CCCCC1)CC2. The van der Waals surface area contributed by atoms with Gasteiger partial charge in [0.1, 0.15) is 5.82 Å². The maximum absolute atomic E-state index is 13.1. The van der Waals surface area contributed by atoms with E-state index in [9.17, 15) is 9.59 Å². The maximum Gasteiger partial charge on any atom is 0.255 e. The zero-order valence-electron chi connectivity index (χ0n) is 18.1. The van der Waals surface area contributed by atoms with E-state index in [1.807, 2.05) is 4.90 Å². The largest absolute Gasteiger partial charge is 0.328 e. The molecular formula is C24H31N5O2. The third kappa shape index (κ3) is 4.15. The summed E-state index contributed by atoms with van der Waals surface area (Å²) in [6, 6.07) is 3.92. The number of H-pyrrole nitrogens is 1. The van der Waals surface area contributed by atoms with Gasteiger partial charge in [0.05, 0.1) is 17.3 Å². The van der Waals surface area contributed by atoms with Gasteiger partial charge in [-0.2, -0.15) is 0 Å². The fourth-order valence-corrected chi connectivity index (χ4v) is 5.50. The van der Waals surface area contributed by atoms with E-state index in [0.29, 0.717) is 30.5 Å². The van der Waals surface area contributed by atoms with Gasteiger partial charge < -0.3 is 9.88 Å². The molecule has 1 N–H and O–H groups in total. The van der Waals surface area contributed by atoms with E-state index in [-0.39, 0.29) is 17.5 Å². The molecule has 2 aromatic heterocycles. The normalized spacial score (nSPS) is 22.8. The third-order valence-electron chi connectivity index (χ3n) is 7.21. The van der Waals surface area contributed by atoms with Crippen molar-refractivity contribution in [3.63, 3.8) is 0 Å². The number of piperidine rings is 1. The minimum atomic E-state index is -0.177. The average molecular weight is 422 g/mol. The number of aromatic amines is 1. The Balaban J connectivity index is 1.39.